The summed E-state index contributed by atoms with van der Waals surface area (Å²) in [6.07, 6.45) is 6.90. The molecule has 0 spiro atoms. The van der Waals surface area contributed by atoms with E-state index in [-0.39, 0.29) is 48.2 Å². The fraction of sp³-hybridized carbons (Fsp3) is 0.298. The Kier molecular flexibility index (Phi) is 11.5. The van der Waals surface area contributed by atoms with Gasteiger partial charge in [0, 0.05) is 78.3 Å². The van der Waals surface area contributed by atoms with Crippen LogP contribution in [0.5, 0.6) is 11.5 Å². The van der Waals surface area contributed by atoms with Gasteiger partial charge in [-0.25, -0.2) is 19.9 Å². The van der Waals surface area contributed by atoms with Gasteiger partial charge in [0.2, 0.25) is 0 Å². The van der Waals surface area contributed by atoms with Crippen LogP contribution >= 0.6 is 0 Å². The number of halogens is 3. The number of aromatic nitrogens is 7. The van der Waals surface area contributed by atoms with E-state index in [2.05, 4.69) is 48.6 Å². The lowest BCUT2D eigenvalue weighted by Crippen LogP contribution is -2.30. The summed E-state index contributed by atoms with van der Waals surface area (Å²) >= 11 is 0. The number of alkyl halides is 3. The quantitative estimate of drug-likeness (QED) is 0.123. The molecule has 0 radical (unpaired) electrons. The van der Waals surface area contributed by atoms with Crippen molar-refractivity contribution in [2.75, 3.05) is 0 Å². The molecule has 5 heterocycles. The highest BCUT2D eigenvalue weighted by molar-refractivity contribution is 5.44. The summed E-state index contributed by atoms with van der Waals surface area (Å²) < 4.78 is 56.2. The Bertz CT molecular complexity index is 2790. The predicted molar refractivity (Wildman–Crippen MR) is 219 cm³/mol. The minimum atomic E-state index is -4.80. The standard InChI is InChI=1S/C47H40F3N7O4/c1-29-33(14-20-55-46(29)31(3)56-21-15-37(25-44(56)58)60-27-42-51-16-4-17-52-42)12-13-36-23-40(36)39-22-35(39)11-8-32-6-9-34(10-7-32)30(2)57-41(47(48,49)50)24-38(26-45(57)59)61-28-43-53-18-5-19-54-43/h4-7,9-10,14-21,24-26,30-31,35-36,39-40H,22-23,27-28H2,1-3H3/t30-,31?,35?,36?,39?,40?/m1/s1. The maximum Gasteiger partial charge on any atom is 0.431 e. The molecule has 0 bridgehead atoms. The van der Waals surface area contributed by atoms with E-state index in [1.54, 1.807) is 78.7 Å². The molecule has 0 saturated heterocycles. The summed E-state index contributed by atoms with van der Waals surface area (Å²) in [5.74, 6) is 16.0. The van der Waals surface area contributed by atoms with Gasteiger partial charge in [0.25, 0.3) is 11.1 Å². The van der Waals surface area contributed by atoms with Crippen LogP contribution in [-0.4, -0.2) is 34.1 Å². The minimum Gasteiger partial charge on any atom is -0.485 e. The average Bonchev–Trinajstić information content (AvgIpc) is 4.20. The van der Waals surface area contributed by atoms with Crippen molar-refractivity contribution >= 4 is 0 Å². The number of ether oxygens (including phenoxy) is 2. The molecule has 6 atom stereocenters. The van der Waals surface area contributed by atoms with Crippen LogP contribution in [0.2, 0.25) is 0 Å². The topological polar surface area (TPSA) is 127 Å². The number of benzene rings is 1. The van der Waals surface area contributed by atoms with Gasteiger partial charge in [-0.2, -0.15) is 13.2 Å². The summed E-state index contributed by atoms with van der Waals surface area (Å²) in [4.78, 5) is 47.0. The minimum absolute atomic E-state index is 0.155. The zero-order valence-corrected chi connectivity index (χ0v) is 33.5. The van der Waals surface area contributed by atoms with Crippen LogP contribution in [0.25, 0.3) is 0 Å². The van der Waals surface area contributed by atoms with Gasteiger partial charge in [-0.1, -0.05) is 35.8 Å². The van der Waals surface area contributed by atoms with Gasteiger partial charge in [0.1, 0.15) is 30.4 Å². The van der Waals surface area contributed by atoms with Gasteiger partial charge in [-0.3, -0.25) is 19.1 Å². The first kappa shape index (κ1) is 40.7. The second-order valence-corrected chi connectivity index (χ2v) is 15.2. The molecule has 8 rings (SSSR count). The molecule has 0 amide bonds. The molecule has 0 aliphatic heterocycles. The molecule has 5 aromatic heterocycles. The fourth-order valence-corrected chi connectivity index (χ4v) is 7.53. The largest absolute Gasteiger partial charge is 0.485 e. The molecule has 0 N–H and O–H groups in total. The van der Waals surface area contributed by atoms with E-state index in [0.717, 1.165) is 51.9 Å². The molecule has 5 unspecified atom stereocenters. The third-order valence-electron chi connectivity index (χ3n) is 11.1. The number of nitrogens with zero attached hydrogens (tertiary/aromatic N) is 7. The summed E-state index contributed by atoms with van der Waals surface area (Å²) in [6.45, 7) is 5.44. The lowest BCUT2D eigenvalue weighted by molar-refractivity contribution is -0.144. The van der Waals surface area contributed by atoms with Crippen molar-refractivity contribution in [1.29, 1.82) is 0 Å². The molecule has 308 valence electrons. The van der Waals surface area contributed by atoms with Gasteiger partial charge >= 0.3 is 6.18 Å². The van der Waals surface area contributed by atoms with E-state index in [0.29, 0.717) is 29.0 Å². The van der Waals surface area contributed by atoms with Gasteiger partial charge in [-0.05, 0) is 93.0 Å². The second kappa shape index (κ2) is 17.3. The van der Waals surface area contributed by atoms with Gasteiger partial charge in [0.15, 0.2) is 11.6 Å². The fourth-order valence-electron chi connectivity index (χ4n) is 7.53. The third kappa shape index (κ3) is 9.55. The highest BCUT2D eigenvalue weighted by atomic mass is 19.4. The normalized spacial score (nSPS) is 18.7. The summed E-state index contributed by atoms with van der Waals surface area (Å²) in [6, 6.07) is 16.0. The van der Waals surface area contributed by atoms with Crippen molar-refractivity contribution < 1.29 is 22.6 Å². The first-order chi connectivity index (χ1) is 29.4. The molecule has 2 aliphatic rings. The van der Waals surface area contributed by atoms with Crippen LogP contribution in [0.1, 0.15) is 84.1 Å². The maximum absolute atomic E-state index is 14.2. The zero-order chi connectivity index (χ0) is 42.7. The van der Waals surface area contributed by atoms with Crippen molar-refractivity contribution in [3.05, 3.63) is 170 Å². The number of rotatable bonds is 11. The Morgan fingerprint density at radius 2 is 1.31 bits per heavy atom. The third-order valence-corrected chi connectivity index (χ3v) is 11.1. The van der Waals surface area contributed by atoms with Crippen molar-refractivity contribution in [3.63, 3.8) is 0 Å². The summed E-state index contributed by atoms with van der Waals surface area (Å²) in [5, 5.41) is 0. The van der Waals surface area contributed by atoms with Crippen LogP contribution in [-0.2, 0) is 19.4 Å². The number of pyridine rings is 3. The van der Waals surface area contributed by atoms with Gasteiger partial charge < -0.3 is 14.0 Å². The smallest absolute Gasteiger partial charge is 0.431 e. The Morgan fingerprint density at radius 3 is 1.92 bits per heavy atom. The molecule has 1 aromatic carbocycles. The van der Waals surface area contributed by atoms with Crippen LogP contribution in [0, 0.1) is 54.3 Å². The monoisotopic (exact) mass is 823 g/mol. The first-order valence-electron chi connectivity index (χ1n) is 19.8. The molecule has 2 aliphatic carbocycles. The molecule has 14 heteroatoms. The number of hydrogen-bond acceptors (Lipinski definition) is 9. The second-order valence-electron chi connectivity index (χ2n) is 15.2. The van der Waals surface area contributed by atoms with Crippen LogP contribution in [0.4, 0.5) is 13.2 Å². The maximum atomic E-state index is 14.2. The van der Waals surface area contributed by atoms with E-state index in [1.165, 1.54) is 18.5 Å². The predicted octanol–water partition coefficient (Wildman–Crippen LogP) is 7.36. The van der Waals surface area contributed by atoms with E-state index in [4.69, 9.17) is 9.47 Å². The molecular weight excluding hydrogens is 784 g/mol. The van der Waals surface area contributed by atoms with Crippen LogP contribution in [0.3, 0.4) is 0 Å². The molecule has 6 aromatic rings. The Balaban J connectivity index is 0.865. The van der Waals surface area contributed by atoms with Crippen molar-refractivity contribution in [2.24, 2.45) is 23.7 Å². The average molecular weight is 824 g/mol. The zero-order valence-electron chi connectivity index (χ0n) is 33.5. The van der Waals surface area contributed by atoms with Crippen molar-refractivity contribution in [2.45, 2.75) is 65.1 Å². The first-order valence-corrected chi connectivity index (χ1v) is 19.8. The van der Waals surface area contributed by atoms with E-state index in [1.807, 2.05) is 19.9 Å². The molecule has 2 saturated carbocycles. The molecule has 11 nitrogen and oxygen atoms in total. The lowest BCUT2D eigenvalue weighted by atomic mass is 10.0. The highest BCUT2D eigenvalue weighted by Gasteiger charge is 2.52. The highest BCUT2D eigenvalue weighted by Crippen LogP contribution is 2.57. The van der Waals surface area contributed by atoms with E-state index in [9.17, 15) is 22.8 Å². The van der Waals surface area contributed by atoms with Gasteiger partial charge in [-0.15, -0.1) is 0 Å². The van der Waals surface area contributed by atoms with Gasteiger partial charge in [0.05, 0.1) is 17.8 Å². The van der Waals surface area contributed by atoms with E-state index >= 15 is 0 Å². The Morgan fingerprint density at radius 1 is 0.721 bits per heavy atom. The molecular formula is C47H40F3N7O4. The van der Waals surface area contributed by atoms with E-state index < -0.39 is 23.5 Å². The summed E-state index contributed by atoms with van der Waals surface area (Å²) in [5.41, 5.74) is 1.67. The lowest BCUT2D eigenvalue weighted by Gasteiger charge is -2.22. The summed E-state index contributed by atoms with van der Waals surface area (Å²) in [7, 11) is 0. The van der Waals surface area contributed by atoms with Crippen LogP contribution in [0.15, 0.2) is 114 Å². The Labute approximate surface area is 349 Å². The Hall–Kier alpha value is -7.06. The van der Waals surface area contributed by atoms with Crippen LogP contribution < -0.4 is 20.6 Å². The molecule has 61 heavy (non-hydrogen) atoms. The number of hydrogen-bond donors (Lipinski definition) is 0. The SMILES string of the molecule is Cc1c(C#CC2CC2C2CC2C#Cc2ccc([C@@H](C)n3c(C(F)(F)F)cc(OCc4ncccn4)cc3=O)cc2)ccnc1C(C)n1ccc(OCc2ncccn2)cc1=O. The van der Waals surface area contributed by atoms with Crippen molar-refractivity contribution in [1.82, 2.24) is 34.1 Å². The molecule has 2 fully saturated rings. The van der Waals surface area contributed by atoms with Crippen molar-refractivity contribution in [3.8, 4) is 35.2 Å².